The third kappa shape index (κ3) is 7.42. The quantitative estimate of drug-likeness (QED) is 0.188. The van der Waals surface area contributed by atoms with Crippen LogP contribution in [0.15, 0.2) is 19.7 Å². The van der Waals surface area contributed by atoms with Crippen molar-refractivity contribution in [3.8, 4) is 9.75 Å². The minimum atomic E-state index is -0.243. The van der Waals surface area contributed by atoms with Crippen molar-refractivity contribution in [3.63, 3.8) is 0 Å². The zero-order valence-electron chi connectivity index (χ0n) is 16.4. The molecule has 1 unspecified atom stereocenters. The highest BCUT2D eigenvalue weighted by Gasteiger charge is 2.21. The summed E-state index contributed by atoms with van der Waals surface area (Å²) in [6, 6.07) is 3.75. The molecule has 156 valence electrons. The number of hydrogen-bond donors (Lipinski definition) is 0. The zero-order valence-corrected chi connectivity index (χ0v) is 21.9. The van der Waals surface area contributed by atoms with Gasteiger partial charge in [0.2, 0.25) is 0 Å². The van der Waals surface area contributed by atoms with Crippen LogP contribution < -0.4 is 0 Å². The number of unbranched alkanes of at least 4 members (excludes halogenated alkanes) is 4. The number of carbonyl (C=O) groups excluding carboxylic acids is 1. The van der Waals surface area contributed by atoms with Gasteiger partial charge in [0, 0.05) is 4.88 Å². The van der Waals surface area contributed by atoms with E-state index in [-0.39, 0.29) is 5.97 Å². The fourth-order valence-corrected chi connectivity index (χ4v) is 6.49. The molecule has 2 aromatic heterocycles. The second-order valence-electron chi connectivity index (χ2n) is 6.98. The van der Waals surface area contributed by atoms with Crippen molar-refractivity contribution in [2.45, 2.75) is 65.2 Å². The summed E-state index contributed by atoms with van der Waals surface area (Å²) in [4.78, 5) is 14.7. The molecule has 2 rings (SSSR count). The first-order valence-electron chi connectivity index (χ1n) is 9.87. The maximum atomic E-state index is 12.8. The zero-order chi connectivity index (χ0) is 20.5. The lowest BCUT2D eigenvalue weighted by molar-refractivity contribution is 0.0424. The highest BCUT2D eigenvalue weighted by atomic mass is 79.9. The first kappa shape index (κ1) is 24.4. The standard InChI is InChI=1S/C21H27Br2ClO2S2/c1-3-5-7-8-10-14(9-6-4-2)13-26-21(25)15-11-18(22)28-19(15)17-12-16(24)20(23)27-17/h11-12,14H,3-10,13H2,1-2H3. The van der Waals surface area contributed by atoms with Crippen LogP contribution in [0, 0.1) is 5.92 Å². The molecule has 7 heteroatoms. The lowest BCUT2D eigenvalue weighted by atomic mass is 9.96. The normalized spacial score (nSPS) is 12.3. The minimum Gasteiger partial charge on any atom is -0.462 e. The smallest absolute Gasteiger partial charge is 0.339 e. The molecule has 0 saturated heterocycles. The molecular formula is C21H27Br2ClO2S2. The summed E-state index contributed by atoms with van der Waals surface area (Å²) in [6.45, 7) is 4.94. The number of rotatable bonds is 12. The van der Waals surface area contributed by atoms with Crippen molar-refractivity contribution in [2.24, 2.45) is 5.92 Å². The summed E-state index contributed by atoms with van der Waals surface area (Å²) in [6.07, 6.45) is 9.64. The van der Waals surface area contributed by atoms with Gasteiger partial charge in [-0.25, -0.2) is 4.79 Å². The average Bonchev–Trinajstić information content (AvgIpc) is 3.22. The highest BCUT2D eigenvalue weighted by molar-refractivity contribution is 9.11. The molecule has 1 atom stereocenters. The van der Waals surface area contributed by atoms with Gasteiger partial charge in [-0.05, 0) is 62.8 Å². The van der Waals surface area contributed by atoms with E-state index in [0.29, 0.717) is 23.1 Å². The molecule has 0 saturated carbocycles. The van der Waals surface area contributed by atoms with E-state index < -0.39 is 0 Å². The number of hydrogen-bond acceptors (Lipinski definition) is 4. The van der Waals surface area contributed by atoms with E-state index in [1.165, 1.54) is 61.2 Å². The summed E-state index contributed by atoms with van der Waals surface area (Å²) in [5.74, 6) is 0.212. The Morgan fingerprint density at radius 2 is 1.79 bits per heavy atom. The van der Waals surface area contributed by atoms with E-state index in [1.54, 1.807) is 0 Å². The Kier molecular flexibility index (Phi) is 11.1. The van der Waals surface area contributed by atoms with Crippen molar-refractivity contribution in [1.82, 2.24) is 0 Å². The van der Waals surface area contributed by atoms with E-state index in [0.717, 1.165) is 30.2 Å². The van der Waals surface area contributed by atoms with Crippen LogP contribution >= 0.6 is 66.1 Å². The van der Waals surface area contributed by atoms with Crippen molar-refractivity contribution in [2.75, 3.05) is 6.61 Å². The number of ether oxygens (including phenoxy) is 1. The first-order chi connectivity index (χ1) is 13.5. The van der Waals surface area contributed by atoms with Gasteiger partial charge in [0.05, 0.1) is 29.6 Å². The second-order valence-corrected chi connectivity index (χ2v) is 12.2. The van der Waals surface area contributed by atoms with Gasteiger partial charge in [-0.3, -0.25) is 0 Å². The Labute approximate surface area is 198 Å². The molecule has 0 spiro atoms. The van der Waals surface area contributed by atoms with Gasteiger partial charge < -0.3 is 4.74 Å². The average molecular weight is 571 g/mol. The van der Waals surface area contributed by atoms with E-state index in [2.05, 4.69) is 45.7 Å². The Hall–Kier alpha value is 0.120. The van der Waals surface area contributed by atoms with E-state index >= 15 is 0 Å². The van der Waals surface area contributed by atoms with Gasteiger partial charge in [0.15, 0.2) is 0 Å². The predicted molar refractivity (Wildman–Crippen MR) is 130 cm³/mol. The van der Waals surface area contributed by atoms with Crippen molar-refractivity contribution in [1.29, 1.82) is 0 Å². The SMILES string of the molecule is CCCCCCC(CCCC)COC(=O)c1cc(Br)sc1-c1cc(Cl)c(Br)s1. The minimum absolute atomic E-state index is 0.243. The molecule has 0 fully saturated rings. The maximum absolute atomic E-state index is 12.8. The van der Waals surface area contributed by atoms with Gasteiger partial charge in [0.1, 0.15) is 0 Å². The lowest BCUT2D eigenvalue weighted by Gasteiger charge is -2.17. The van der Waals surface area contributed by atoms with Gasteiger partial charge in [-0.1, -0.05) is 64.0 Å². The fraction of sp³-hybridized carbons (Fsp3) is 0.571. The van der Waals surface area contributed by atoms with E-state index in [1.807, 2.05) is 12.1 Å². The summed E-state index contributed by atoms with van der Waals surface area (Å²) in [5.41, 5.74) is 0.613. The molecule has 2 aromatic rings. The number of esters is 1. The molecule has 0 aliphatic rings. The summed E-state index contributed by atoms with van der Waals surface area (Å²) in [7, 11) is 0. The molecule has 28 heavy (non-hydrogen) atoms. The molecule has 2 nitrogen and oxygen atoms in total. The van der Waals surface area contributed by atoms with Crippen LogP contribution in [0.1, 0.15) is 75.6 Å². The van der Waals surface area contributed by atoms with Crippen LogP contribution in [0.5, 0.6) is 0 Å². The van der Waals surface area contributed by atoms with Crippen LogP contribution in [-0.4, -0.2) is 12.6 Å². The van der Waals surface area contributed by atoms with Crippen molar-refractivity contribution in [3.05, 3.63) is 30.3 Å². The molecule has 0 radical (unpaired) electrons. The Bertz CT molecular complexity index is 738. The Morgan fingerprint density at radius 1 is 1.07 bits per heavy atom. The van der Waals surface area contributed by atoms with Crippen LogP contribution in [0.4, 0.5) is 0 Å². The van der Waals surface area contributed by atoms with Gasteiger partial charge >= 0.3 is 5.97 Å². The van der Waals surface area contributed by atoms with E-state index in [4.69, 9.17) is 16.3 Å². The third-order valence-corrected chi connectivity index (χ3v) is 8.97. The van der Waals surface area contributed by atoms with Gasteiger partial charge in [-0.15, -0.1) is 22.7 Å². The first-order valence-corrected chi connectivity index (χ1v) is 13.5. The van der Waals surface area contributed by atoms with E-state index in [9.17, 15) is 4.79 Å². The molecule has 2 heterocycles. The molecular weight excluding hydrogens is 544 g/mol. The van der Waals surface area contributed by atoms with Crippen LogP contribution in [0.2, 0.25) is 5.02 Å². The number of halogens is 3. The number of carbonyl (C=O) groups is 1. The molecule has 0 aromatic carbocycles. The monoisotopic (exact) mass is 568 g/mol. The van der Waals surface area contributed by atoms with Crippen LogP contribution in [0.3, 0.4) is 0 Å². The molecule has 0 aliphatic heterocycles. The maximum Gasteiger partial charge on any atom is 0.339 e. The second kappa shape index (κ2) is 12.7. The summed E-state index contributed by atoms with van der Waals surface area (Å²) >= 11 is 16.2. The highest BCUT2D eigenvalue weighted by Crippen LogP contribution is 2.44. The lowest BCUT2D eigenvalue weighted by Crippen LogP contribution is -2.15. The Balaban J connectivity index is 2.02. The van der Waals surface area contributed by atoms with Crippen LogP contribution in [0.25, 0.3) is 9.75 Å². The van der Waals surface area contributed by atoms with Gasteiger partial charge in [0.25, 0.3) is 0 Å². The number of thiophene rings is 2. The Morgan fingerprint density at radius 3 is 2.43 bits per heavy atom. The molecule has 0 N–H and O–H groups in total. The summed E-state index contributed by atoms with van der Waals surface area (Å²) < 4.78 is 7.55. The molecule has 0 aliphatic carbocycles. The van der Waals surface area contributed by atoms with Crippen LogP contribution in [-0.2, 0) is 4.74 Å². The largest absolute Gasteiger partial charge is 0.462 e. The topological polar surface area (TPSA) is 26.3 Å². The van der Waals surface area contributed by atoms with Crippen molar-refractivity contribution >= 4 is 72.1 Å². The predicted octanol–water partition coefficient (Wildman–Crippen LogP) is 9.59. The fourth-order valence-electron chi connectivity index (χ4n) is 3.09. The van der Waals surface area contributed by atoms with Gasteiger partial charge in [-0.2, -0.15) is 0 Å². The summed E-state index contributed by atoms with van der Waals surface area (Å²) in [5, 5.41) is 0.663. The molecule has 0 amide bonds. The van der Waals surface area contributed by atoms with Crippen molar-refractivity contribution < 1.29 is 9.53 Å². The third-order valence-electron chi connectivity index (χ3n) is 4.67. The molecule has 0 bridgehead atoms.